The third-order valence-corrected chi connectivity index (χ3v) is 3.26. The van der Waals surface area contributed by atoms with E-state index < -0.39 is 0 Å². The van der Waals surface area contributed by atoms with Gasteiger partial charge in [-0.25, -0.2) is 14.6 Å². The van der Waals surface area contributed by atoms with E-state index in [1.54, 1.807) is 35.4 Å². The molecule has 0 aliphatic rings. The molecule has 1 amide bonds. The second kappa shape index (κ2) is 6.31. The minimum Gasteiger partial charge on any atom is -0.382 e. The molecule has 0 saturated heterocycles. The van der Waals surface area contributed by atoms with Gasteiger partial charge in [-0.1, -0.05) is 0 Å². The van der Waals surface area contributed by atoms with Crippen molar-refractivity contribution in [2.45, 2.75) is 26.3 Å². The standard InChI is InChI=1S/C17H19N7O/c1-17(2,3)22-16(25)12-7-14(13-9-21-15(18)10-20-13)24(23-12)11-5-4-6-19-8-11/h4-10H,1-3H3,(H2,18,21)(H,22,25). The first kappa shape index (κ1) is 16.6. The van der Waals surface area contributed by atoms with Gasteiger partial charge in [0, 0.05) is 11.7 Å². The Kier molecular flexibility index (Phi) is 4.18. The van der Waals surface area contributed by atoms with E-state index >= 15 is 0 Å². The SMILES string of the molecule is CC(C)(C)NC(=O)c1cc(-c2cnc(N)cn2)n(-c2cccnc2)n1. The van der Waals surface area contributed by atoms with Crippen LogP contribution in [0.5, 0.6) is 0 Å². The molecule has 3 aromatic heterocycles. The average molecular weight is 337 g/mol. The zero-order chi connectivity index (χ0) is 18.0. The summed E-state index contributed by atoms with van der Waals surface area (Å²) in [5.41, 5.74) is 7.42. The van der Waals surface area contributed by atoms with Gasteiger partial charge in [-0.05, 0) is 39.0 Å². The minimum absolute atomic E-state index is 0.264. The number of pyridine rings is 1. The van der Waals surface area contributed by atoms with Gasteiger partial charge < -0.3 is 11.1 Å². The van der Waals surface area contributed by atoms with E-state index in [4.69, 9.17) is 5.73 Å². The molecule has 0 aliphatic carbocycles. The Morgan fingerprint density at radius 1 is 1.20 bits per heavy atom. The summed E-state index contributed by atoms with van der Waals surface area (Å²) >= 11 is 0. The van der Waals surface area contributed by atoms with Crippen LogP contribution in [0.3, 0.4) is 0 Å². The first-order valence-corrected chi connectivity index (χ1v) is 7.74. The van der Waals surface area contributed by atoms with Crippen molar-refractivity contribution in [2.75, 3.05) is 5.73 Å². The van der Waals surface area contributed by atoms with Crippen LogP contribution >= 0.6 is 0 Å². The van der Waals surface area contributed by atoms with E-state index in [-0.39, 0.29) is 17.1 Å². The second-order valence-electron chi connectivity index (χ2n) is 6.57. The second-order valence-corrected chi connectivity index (χ2v) is 6.57. The van der Waals surface area contributed by atoms with E-state index in [2.05, 4.69) is 25.4 Å². The molecule has 0 unspecified atom stereocenters. The molecule has 8 heteroatoms. The number of nitrogens with one attached hydrogen (secondary N) is 1. The third-order valence-electron chi connectivity index (χ3n) is 3.26. The highest BCUT2D eigenvalue weighted by molar-refractivity contribution is 5.94. The lowest BCUT2D eigenvalue weighted by molar-refractivity contribution is 0.0914. The fourth-order valence-corrected chi connectivity index (χ4v) is 2.23. The first-order chi connectivity index (χ1) is 11.8. The molecular formula is C17H19N7O. The summed E-state index contributed by atoms with van der Waals surface area (Å²) in [6.45, 7) is 5.74. The smallest absolute Gasteiger partial charge is 0.272 e. The number of nitrogen functional groups attached to an aromatic ring is 1. The van der Waals surface area contributed by atoms with Gasteiger partial charge in [0.05, 0.1) is 30.0 Å². The largest absolute Gasteiger partial charge is 0.382 e. The average Bonchev–Trinajstić information content (AvgIpc) is 3.00. The van der Waals surface area contributed by atoms with Crippen LogP contribution in [0.25, 0.3) is 17.1 Å². The van der Waals surface area contributed by atoms with Crippen molar-refractivity contribution in [3.8, 4) is 17.1 Å². The van der Waals surface area contributed by atoms with Crippen LogP contribution in [-0.2, 0) is 0 Å². The number of aromatic nitrogens is 5. The lowest BCUT2D eigenvalue weighted by atomic mass is 10.1. The maximum atomic E-state index is 12.5. The quantitative estimate of drug-likeness (QED) is 0.754. The first-order valence-electron chi connectivity index (χ1n) is 7.74. The van der Waals surface area contributed by atoms with Gasteiger partial charge in [-0.15, -0.1) is 0 Å². The Labute approximate surface area is 145 Å². The molecule has 3 N–H and O–H groups in total. The summed E-state index contributed by atoms with van der Waals surface area (Å²) in [6.07, 6.45) is 6.34. The van der Waals surface area contributed by atoms with Crippen molar-refractivity contribution in [1.29, 1.82) is 0 Å². The molecule has 0 radical (unpaired) electrons. The number of rotatable bonds is 3. The van der Waals surface area contributed by atoms with Gasteiger partial charge in [0.2, 0.25) is 0 Å². The molecule has 3 rings (SSSR count). The molecule has 8 nitrogen and oxygen atoms in total. The van der Waals surface area contributed by atoms with E-state index in [0.717, 1.165) is 0 Å². The summed E-state index contributed by atoms with van der Waals surface area (Å²) in [5, 5.41) is 7.33. The van der Waals surface area contributed by atoms with Crippen LogP contribution in [0.2, 0.25) is 0 Å². The molecule has 128 valence electrons. The van der Waals surface area contributed by atoms with Crippen LogP contribution in [-0.4, -0.2) is 36.2 Å². The van der Waals surface area contributed by atoms with Gasteiger partial charge in [0.15, 0.2) is 5.69 Å². The fraction of sp³-hybridized carbons (Fsp3) is 0.235. The highest BCUT2D eigenvalue weighted by Crippen LogP contribution is 2.22. The Bertz CT molecular complexity index is 880. The summed E-state index contributed by atoms with van der Waals surface area (Å²) < 4.78 is 1.62. The molecule has 0 bridgehead atoms. The van der Waals surface area contributed by atoms with Crippen molar-refractivity contribution < 1.29 is 4.79 Å². The van der Waals surface area contributed by atoms with Gasteiger partial charge in [-0.2, -0.15) is 5.10 Å². The van der Waals surface area contributed by atoms with Crippen LogP contribution in [0, 0.1) is 0 Å². The topological polar surface area (TPSA) is 112 Å². The number of hydrogen-bond acceptors (Lipinski definition) is 6. The van der Waals surface area contributed by atoms with Crippen LogP contribution in [0.1, 0.15) is 31.3 Å². The number of carbonyl (C=O) groups is 1. The molecule has 0 atom stereocenters. The van der Waals surface area contributed by atoms with Crippen molar-refractivity contribution in [2.24, 2.45) is 0 Å². The highest BCUT2D eigenvalue weighted by atomic mass is 16.2. The van der Waals surface area contributed by atoms with E-state index in [1.807, 2.05) is 26.8 Å². The molecule has 0 saturated carbocycles. The summed E-state index contributed by atoms with van der Waals surface area (Å²) in [6, 6.07) is 5.32. The Morgan fingerprint density at radius 3 is 2.60 bits per heavy atom. The lowest BCUT2D eigenvalue weighted by Gasteiger charge is -2.19. The van der Waals surface area contributed by atoms with Crippen LogP contribution in [0.15, 0.2) is 43.0 Å². The van der Waals surface area contributed by atoms with Crippen molar-refractivity contribution in [1.82, 2.24) is 30.0 Å². The van der Waals surface area contributed by atoms with E-state index in [0.29, 0.717) is 22.9 Å². The van der Waals surface area contributed by atoms with E-state index in [9.17, 15) is 4.79 Å². The molecule has 3 aromatic rings. The van der Waals surface area contributed by atoms with E-state index in [1.165, 1.54) is 6.20 Å². The molecule has 0 fully saturated rings. The number of hydrogen-bond donors (Lipinski definition) is 2. The molecule has 0 spiro atoms. The highest BCUT2D eigenvalue weighted by Gasteiger charge is 2.21. The zero-order valence-corrected chi connectivity index (χ0v) is 14.3. The Hall–Kier alpha value is -3.29. The molecule has 25 heavy (non-hydrogen) atoms. The number of nitrogens with zero attached hydrogens (tertiary/aromatic N) is 5. The van der Waals surface area contributed by atoms with Crippen molar-refractivity contribution in [3.63, 3.8) is 0 Å². The Morgan fingerprint density at radius 2 is 2.00 bits per heavy atom. The minimum atomic E-state index is -0.365. The molecule has 0 aliphatic heterocycles. The summed E-state index contributed by atoms with van der Waals surface area (Å²) in [5.74, 6) is 0.0571. The number of anilines is 1. The number of amides is 1. The predicted octanol–water partition coefficient (Wildman–Crippen LogP) is 1.83. The molecule has 3 heterocycles. The number of carbonyl (C=O) groups excluding carboxylic acids is 1. The zero-order valence-electron chi connectivity index (χ0n) is 14.3. The third kappa shape index (κ3) is 3.79. The van der Waals surface area contributed by atoms with Gasteiger partial charge in [0.25, 0.3) is 5.91 Å². The lowest BCUT2D eigenvalue weighted by Crippen LogP contribution is -2.40. The maximum absolute atomic E-state index is 12.5. The fourth-order valence-electron chi connectivity index (χ4n) is 2.23. The van der Waals surface area contributed by atoms with Gasteiger partial charge in [0.1, 0.15) is 11.5 Å². The van der Waals surface area contributed by atoms with Crippen molar-refractivity contribution >= 4 is 11.7 Å². The monoisotopic (exact) mass is 337 g/mol. The van der Waals surface area contributed by atoms with Gasteiger partial charge >= 0.3 is 0 Å². The van der Waals surface area contributed by atoms with Crippen LogP contribution in [0.4, 0.5) is 5.82 Å². The summed E-state index contributed by atoms with van der Waals surface area (Å²) in [4.78, 5) is 24.9. The van der Waals surface area contributed by atoms with Crippen molar-refractivity contribution in [3.05, 3.63) is 48.7 Å². The Balaban J connectivity index is 2.09. The molecule has 0 aromatic carbocycles. The normalized spacial score (nSPS) is 11.3. The van der Waals surface area contributed by atoms with Crippen LogP contribution < -0.4 is 11.1 Å². The molecular weight excluding hydrogens is 318 g/mol. The van der Waals surface area contributed by atoms with Gasteiger partial charge in [-0.3, -0.25) is 9.78 Å². The number of nitrogens with two attached hydrogens (primary N) is 1. The summed E-state index contributed by atoms with van der Waals surface area (Å²) in [7, 11) is 0. The predicted molar refractivity (Wildman–Crippen MR) is 94.0 cm³/mol. The maximum Gasteiger partial charge on any atom is 0.272 e.